The van der Waals surface area contributed by atoms with Crippen LogP contribution in [0.15, 0.2) is 18.2 Å². The number of amides is 1. The second kappa shape index (κ2) is 7.98. The smallest absolute Gasteiger partial charge is 0.253 e. The normalized spacial score (nSPS) is 15.7. The van der Waals surface area contributed by atoms with Gasteiger partial charge in [0.1, 0.15) is 5.82 Å². The van der Waals surface area contributed by atoms with Gasteiger partial charge in [-0.2, -0.15) is 0 Å². The number of hydrogen-bond acceptors (Lipinski definition) is 3. The van der Waals surface area contributed by atoms with Crippen LogP contribution in [0.2, 0.25) is 0 Å². The van der Waals surface area contributed by atoms with Gasteiger partial charge in [-0.1, -0.05) is 13.0 Å². The van der Waals surface area contributed by atoms with E-state index in [-0.39, 0.29) is 11.7 Å². The molecule has 0 atom stereocenters. The Morgan fingerprint density at radius 3 is 2.86 bits per heavy atom. The first-order valence-corrected chi connectivity index (χ1v) is 7.60. The summed E-state index contributed by atoms with van der Waals surface area (Å²) >= 11 is 0. The molecule has 1 aromatic carbocycles. The topological polar surface area (TPSA) is 50.4 Å². The summed E-state index contributed by atoms with van der Waals surface area (Å²) in [6.07, 6.45) is 2.80. The molecule has 0 aliphatic carbocycles. The molecule has 1 fully saturated rings. The highest BCUT2D eigenvalue weighted by molar-refractivity contribution is 5.99. The van der Waals surface area contributed by atoms with Crippen LogP contribution in [-0.2, 0) is 4.74 Å². The zero-order chi connectivity index (χ0) is 15.1. The number of nitrogens with one attached hydrogen (secondary N) is 2. The fourth-order valence-electron chi connectivity index (χ4n) is 2.43. The summed E-state index contributed by atoms with van der Waals surface area (Å²) in [4.78, 5) is 12.3. The van der Waals surface area contributed by atoms with Crippen molar-refractivity contribution < 1.29 is 13.9 Å². The first kappa shape index (κ1) is 15.8. The molecule has 1 heterocycles. The molecule has 0 aromatic heterocycles. The molecule has 0 unspecified atom stereocenters. The molecule has 5 heteroatoms. The molecule has 1 aliphatic heterocycles. The van der Waals surface area contributed by atoms with Gasteiger partial charge in [0, 0.05) is 26.3 Å². The minimum atomic E-state index is -0.387. The summed E-state index contributed by atoms with van der Waals surface area (Å²) < 4.78 is 19.2. The molecule has 0 bridgehead atoms. The summed E-state index contributed by atoms with van der Waals surface area (Å²) in [6.45, 7) is 4.76. The molecule has 1 saturated heterocycles. The molecule has 4 nitrogen and oxygen atoms in total. The van der Waals surface area contributed by atoms with E-state index in [0.29, 0.717) is 30.3 Å². The molecule has 1 amide bonds. The van der Waals surface area contributed by atoms with Crippen LogP contribution in [-0.4, -0.2) is 32.2 Å². The van der Waals surface area contributed by atoms with Crippen LogP contribution in [0.25, 0.3) is 0 Å². The molecule has 116 valence electrons. The largest absolute Gasteiger partial charge is 0.382 e. The van der Waals surface area contributed by atoms with Crippen molar-refractivity contribution in [3.8, 4) is 0 Å². The number of anilines is 1. The van der Waals surface area contributed by atoms with E-state index in [2.05, 4.69) is 10.6 Å². The van der Waals surface area contributed by atoms with Gasteiger partial charge < -0.3 is 15.4 Å². The highest BCUT2D eigenvalue weighted by atomic mass is 19.1. The molecule has 2 N–H and O–H groups in total. The third-order valence-corrected chi connectivity index (χ3v) is 3.70. The third-order valence-electron chi connectivity index (χ3n) is 3.70. The standard InChI is InChI=1S/C16H23FN2O2/c1-2-8-18-15-13(4-3-5-14(15)17)16(20)19-11-12-6-9-21-10-7-12/h3-5,12,18H,2,6-11H2,1H3,(H,19,20). The van der Waals surface area contributed by atoms with Crippen molar-refractivity contribution in [2.45, 2.75) is 26.2 Å². The van der Waals surface area contributed by atoms with Gasteiger partial charge in [0.15, 0.2) is 0 Å². The minimum Gasteiger partial charge on any atom is -0.382 e. The summed E-state index contributed by atoms with van der Waals surface area (Å²) in [5.41, 5.74) is 0.666. The lowest BCUT2D eigenvalue weighted by Gasteiger charge is -2.22. The molecule has 21 heavy (non-hydrogen) atoms. The number of hydrogen-bond donors (Lipinski definition) is 2. The highest BCUT2D eigenvalue weighted by Gasteiger charge is 2.18. The summed E-state index contributed by atoms with van der Waals surface area (Å²) in [5.74, 6) is -0.162. The fourth-order valence-corrected chi connectivity index (χ4v) is 2.43. The summed E-state index contributed by atoms with van der Waals surface area (Å²) in [5, 5.41) is 5.91. The predicted octanol–water partition coefficient (Wildman–Crippen LogP) is 2.80. The van der Waals surface area contributed by atoms with E-state index < -0.39 is 0 Å². The van der Waals surface area contributed by atoms with Crippen molar-refractivity contribution in [2.24, 2.45) is 5.92 Å². The van der Waals surface area contributed by atoms with Gasteiger partial charge in [0.05, 0.1) is 11.3 Å². The van der Waals surface area contributed by atoms with E-state index in [9.17, 15) is 9.18 Å². The van der Waals surface area contributed by atoms with E-state index in [1.165, 1.54) is 6.07 Å². The number of para-hydroxylation sites is 1. The van der Waals surface area contributed by atoms with Gasteiger partial charge in [0.2, 0.25) is 0 Å². The van der Waals surface area contributed by atoms with E-state index in [4.69, 9.17) is 4.74 Å². The van der Waals surface area contributed by atoms with Gasteiger partial charge >= 0.3 is 0 Å². The van der Waals surface area contributed by atoms with Crippen LogP contribution in [0.4, 0.5) is 10.1 Å². The van der Waals surface area contributed by atoms with Crippen LogP contribution in [0.5, 0.6) is 0 Å². The maximum Gasteiger partial charge on any atom is 0.253 e. The molecule has 0 saturated carbocycles. The van der Waals surface area contributed by atoms with Crippen LogP contribution < -0.4 is 10.6 Å². The van der Waals surface area contributed by atoms with Crippen molar-refractivity contribution in [1.29, 1.82) is 0 Å². The first-order chi connectivity index (χ1) is 10.2. The Balaban J connectivity index is 1.98. The van der Waals surface area contributed by atoms with Crippen molar-refractivity contribution >= 4 is 11.6 Å². The van der Waals surface area contributed by atoms with Crippen molar-refractivity contribution in [2.75, 3.05) is 31.6 Å². The monoisotopic (exact) mass is 294 g/mol. The molecule has 0 spiro atoms. The average Bonchev–Trinajstić information content (AvgIpc) is 2.52. The van der Waals surface area contributed by atoms with Crippen molar-refractivity contribution in [3.63, 3.8) is 0 Å². The summed E-state index contributed by atoms with van der Waals surface area (Å²) in [7, 11) is 0. The maximum absolute atomic E-state index is 13.9. The quantitative estimate of drug-likeness (QED) is 0.848. The number of carbonyl (C=O) groups is 1. The first-order valence-electron chi connectivity index (χ1n) is 7.60. The van der Waals surface area contributed by atoms with E-state index in [1.54, 1.807) is 12.1 Å². The van der Waals surface area contributed by atoms with Gasteiger partial charge in [-0.25, -0.2) is 4.39 Å². The zero-order valence-electron chi connectivity index (χ0n) is 12.5. The number of ether oxygens (including phenoxy) is 1. The molecule has 1 aromatic rings. The molecular formula is C16H23FN2O2. The second-order valence-electron chi connectivity index (χ2n) is 5.35. The predicted molar refractivity (Wildman–Crippen MR) is 81.1 cm³/mol. The Kier molecular flexibility index (Phi) is 5.99. The third kappa shape index (κ3) is 4.43. The molecule has 0 radical (unpaired) electrons. The summed E-state index contributed by atoms with van der Waals surface area (Å²) in [6, 6.07) is 4.59. The average molecular weight is 294 g/mol. The Morgan fingerprint density at radius 2 is 2.14 bits per heavy atom. The maximum atomic E-state index is 13.9. The van der Waals surface area contributed by atoms with Gasteiger partial charge in [-0.3, -0.25) is 4.79 Å². The Bertz CT molecular complexity index is 473. The van der Waals surface area contributed by atoms with E-state index in [0.717, 1.165) is 32.5 Å². The fraction of sp³-hybridized carbons (Fsp3) is 0.562. The van der Waals surface area contributed by atoms with E-state index >= 15 is 0 Å². The molecule has 1 aliphatic rings. The lowest BCUT2D eigenvalue weighted by atomic mass is 10.0. The van der Waals surface area contributed by atoms with E-state index in [1.807, 2.05) is 6.92 Å². The lowest BCUT2D eigenvalue weighted by Crippen LogP contribution is -2.32. The number of carbonyl (C=O) groups excluding carboxylic acids is 1. The Hall–Kier alpha value is -1.62. The van der Waals surface area contributed by atoms with Crippen LogP contribution in [0, 0.1) is 11.7 Å². The van der Waals surface area contributed by atoms with Gasteiger partial charge in [-0.05, 0) is 37.3 Å². The number of rotatable bonds is 6. The second-order valence-corrected chi connectivity index (χ2v) is 5.35. The number of halogens is 1. The van der Waals surface area contributed by atoms with Crippen molar-refractivity contribution in [3.05, 3.63) is 29.6 Å². The SMILES string of the molecule is CCCNc1c(F)cccc1C(=O)NCC1CCOCC1. The van der Waals surface area contributed by atoms with Gasteiger partial charge in [-0.15, -0.1) is 0 Å². The van der Waals surface area contributed by atoms with Crippen LogP contribution in [0.1, 0.15) is 36.5 Å². The van der Waals surface area contributed by atoms with Crippen LogP contribution >= 0.6 is 0 Å². The molecule has 2 rings (SSSR count). The Morgan fingerprint density at radius 1 is 1.38 bits per heavy atom. The molecular weight excluding hydrogens is 271 g/mol. The Labute approximate surface area is 125 Å². The highest BCUT2D eigenvalue weighted by Crippen LogP contribution is 2.20. The lowest BCUT2D eigenvalue weighted by molar-refractivity contribution is 0.0643. The van der Waals surface area contributed by atoms with Crippen LogP contribution in [0.3, 0.4) is 0 Å². The van der Waals surface area contributed by atoms with Gasteiger partial charge in [0.25, 0.3) is 5.91 Å². The minimum absolute atomic E-state index is 0.223. The zero-order valence-corrected chi connectivity index (χ0v) is 12.5. The van der Waals surface area contributed by atoms with Crippen molar-refractivity contribution in [1.82, 2.24) is 5.32 Å². The number of benzene rings is 1.